The molecule has 1 heterocycles. The zero-order chi connectivity index (χ0) is 11.1. The van der Waals surface area contributed by atoms with Crippen LogP contribution in [-0.2, 0) is 5.75 Å². The summed E-state index contributed by atoms with van der Waals surface area (Å²) in [5, 5.41) is 3.56. The highest BCUT2D eigenvalue weighted by atomic mass is 32.2. The minimum absolute atomic E-state index is 0.817. The molecular weight excluding hydrogens is 214 g/mol. The third-order valence-corrected chi connectivity index (χ3v) is 4.23. The normalized spacial score (nSPS) is 20.1. The molecule has 1 unspecified atom stereocenters. The fourth-order valence-electron chi connectivity index (χ4n) is 2.20. The van der Waals surface area contributed by atoms with Gasteiger partial charge in [-0.15, -0.1) is 0 Å². The maximum absolute atomic E-state index is 3.56. The Morgan fingerprint density at radius 3 is 2.88 bits per heavy atom. The van der Waals surface area contributed by atoms with Crippen molar-refractivity contribution < 1.29 is 0 Å². The average Bonchev–Trinajstić information content (AvgIpc) is 2.83. The smallest absolute Gasteiger partial charge is 0.0184 e. The summed E-state index contributed by atoms with van der Waals surface area (Å²) in [5.74, 6) is 2.46. The van der Waals surface area contributed by atoms with E-state index in [-0.39, 0.29) is 0 Å². The van der Waals surface area contributed by atoms with Gasteiger partial charge in [-0.3, -0.25) is 0 Å². The molecule has 1 atom stereocenters. The Kier molecular flexibility index (Phi) is 5.23. The van der Waals surface area contributed by atoms with Crippen LogP contribution in [0.5, 0.6) is 0 Å². The fourth-order valence-corrected chi connectivity index (χ4v) is 3.14. The van der Waals surface area contributed by atoms with Crippen molar-refractivity contribution in [1.82, 2.24) is 5.32 Å². The van der Waals surface area contributed by atoms with Crippen LogP contribution in [0.15, 0.2) is 30.3 Å². The number of hydrogen-bond acceptors (Lipinski definition) is 2. The molecule has 2 rings (SSSR count). The van der Waals surface area contributed by atoms with Crippen molar-refractivity contribution >= 4 is 11.8 Å². The highest BCUT2D eigenvalue weighted by molar-refractivity contribution is 7.98. The second-order valence-corrected chi connectivity index (χ2v) is 5.58. The lowest BCUT2D eigenvalue weighted by Crippen LogP contribution is -2.20. The predicted octanol–water partition coefficient (Wildman–Crippen LogP) is 3.45. The quantitative estimate of drug-likeness (QED) is 0.758. The van der Waals surface area contributed by atoms with Gasteiger partial charge in [0.2, 0.25) is 0 Å². The number of rotatable bonds is 6. The van der Waals surface area contributed by atoms with Crippen molar-refractivity contribution in [2.24, 2.45) is 0 Å². The van der Waals surface area contributed by atoms with Crippen molar-refractivity contribution in [2.45, 2.75) is 37.5 Å². The first-order chi connectivity index (χ1) is 7.95. The lowest BCUT2D eigenvalue weighted by atomic mass is 10.1. The zero-order valence-electron chi connectivity index (χ0n) is 9.82. The molecule has 0 aromatic heterocycles. The van der Waals surface area contributed by atoms with Gasteiger partial charge in [0.1, 0.15) is 0 Å². The van der Waals surface area contributed by atoms with E-state index in [1.54, 1.807) is 0 Å². The van der Waals surface area contributed by atoms with Crippen molar-refractivity contribution in [1.29, 1.82) is 0 Å². The Bertz CT molecular complexity index is 280. The summed E-state index contributed by atoms with van der Waals surface area (Å²) < 4.78 is 0. The minimum atomic E-state index is 0.817. The van der Waals surface area contributed by atoms with Crippen LogP contribution in [0.3, 0.4) is 0 Å². The van der Waals surface area contributed by atoms with E-state index in [1.165, 1.54) is 49.3 Å². The first kappa shape index (κ1) is 12.0. The second-order valence-electron chi connectivity index (χ2n) is 4.47. The van der Waals surface area contributed by atoms with Crippen LogP contribution >= 0.6 is 11.8 Å². The molecule has 0 radical (unpaired) electrons. The van der Waals surface area contributed by atoms with Gasteiger partial charge in [0.15, 0.2) is 0 Å². The molecule has 0 aliphatic carbocycles. The first-order valence-electron chi connectivity index (χ1n) is 6.30. The van der Waals surface area contributed by atoms with E-state index < -0.39 is 0 Å². The molecule has 1 N–H and O–H groups in total. The average molecular weight is 235 g/mol. The number of hydrogen-bond donors (Lipinski definition) is 1. The lowest BCUT2D eigenvalue weighted by Gasteiger charge is -2.09. The molecule has 0 spiro atoms. The second kappa shape index (κ2) is 6.97. The summed E-state index contributed by atoms with van der Waals surface area (Å²) in [6, 6.07) is 11.6. The Balaban J connectivity index is 1.52. The fraction of sp³-hybridized carbons (Fsp3) is 0.571. The maximum atomic E-state index is 3.56. The molecule has 0 saturated carbocycles. The van der Waals surface area contributed by atoms with Crippen molar-refractivity contribution in [3.63, 3.8) is 0 Å². The van der Waals surface area contributed by atoms with E-state index in [1.807, 2.05) is 0 Å². The largest absolute Gasteiger partial charge is 0.314 e. The van der Waals surface area contributed by atoms with Crippen molar-refractivity contribution in [3.8, 4) is 0 Å². The predicted molar refractivity (Wildman–Crippen MR) is 72.9 cm³/mol. The van der Waals surface area contributed by atoms with Crippen LogP contribution < -0.4 is 5.32 Å². The molecule has 16 heavy (non-hydrogen) atoms. The summed E-state index contributed by atoms with van der Waals surface area (Å²) in [6.07, 6.45) is 5.49. The Morgan fingerprint density at radius 2 is 2.12 bits per heavy atom. The Labute approximate surface area is 103 Å². The van der Waals surface area contributed by atoms with Crippen LogP contribution in [0.2, 0.25) is 0 Å². The lowest BCUT2D eigenvalue weighted by molar-refractivity contribution is 0.553. The summed E-state index contributed by atoms with van der Waals surface area (Å²) >= 11 is 2.06. The molecule has 1 aromatic carbocycles. The van der Waals surface area contributed by atoms with Gasteiger partial charge in [-0.05, 0) is 43.5 Å². The van der Waals surface area contributed by atoms with Crippen LogP contribution in [0.25, 0.3) is 0 Å². The van der Waals surface area contributed by atoms with Gasteiger partial charge >= 0.3 is 0 Å². The molecular formula is C14H21NS. The van der Waals surface area contributed by atoms with Crippen LogP contribution in [0.1, 0.15) is 31.2 Å². The molecule has 1 fully saturated rings. The van der Waals surface area contributed by atoms with E-state index in [2.05, 4.69) is 47.4 Å². The molecule has 1 aromatic rings. The van der Waals surface area contributed by atoms with Gasteiger partial charge in [0.25, 0.3) is 0 Å². The summed E-state index contributed by atoms with van der Waals surface area (Å²) in [5.41, 5.74) is 1.45. The van der Waals surface area contributed by atoms with Crippen LogP contribution in [-0.4, -0.2) is 18.3 Å². The van der Waals surface area contributed by atoms with E-state index in [9.17, 15) is 0 Å². The van der Waals surface area contributed by atoms with Gasteiger partial charge in [0.05, 0.1) is 0 Å². The van der Waals surface area contributed by atoms with Gasteiger partial charge in [-0.25, -0.2) is 0 Å². The highest BCUT2D eigenvalue weighted by Gasteiger charge is 2.12. The third-order valence-electron chi connectivity index (χ3n) is 3.12. The molecule has 88 valence electrons. The van der Waals surface area contributed by atoms with Gasteiger partial charge in [0, 0.05) is 11.8 Å². The van der Waals surface area contributed by atoms with E-state index in [4.69, 9.17) is 0 Å². The van der Waals surface area contributed by atoms with Crippen LogP contribution in [0.4, 0.5) is 0 Å². The van der Waals surface area contributed by atoms with Crippen LogP contribution in [0, 0.1) is 0 Å². The summed E-state index contributed by atoms with van der Waals surface area (Å²) in [6.45, 7) is 1.24. The highest BCUT2D eigenvalue weighted by Crippen LogP contribution is 2.16. The van der Waals surface area contributed by atoms with Gasteiger partial charge < -0.3 is 5.32 Å². The summed E-state index contributed by atoms with van der Waals surface area (Å²) in [4.78, 5) is 0. The topological polar surface area (TPSA) is 12.0 Å². The van der Waals surface area contributed by atoms with E-state index in [0.29, 0.717) is 0 Å². The third kappa shape index (κ3) is 4.18. The van der Waals surface area contributed by atoms with Crippen molar-refractivity contribution in [2.75, 3.05) is 12.3 Å². The van der Waals surface area contributed by atoms with Gasteiger partial charge in [-0.2, -0.15) is 11.8 Å². The minimum Gasteiger partial charge on any atom is -0.314 e. The number of benzene rings is 1. The van der Waals surface area contributed by atoms with Gasteiger partial charge in [-0.1, -0.05) is 30.3 Å². The van der Waals surface area contributed by atoms with Crippen molar-refractivity contribution in [3.05, 3.63) is 35.9 Å². The van der Waals surface area contributed by atoms with E-state index >= 15 is 0 Å². The first-order valence-corrected chi connectivity index (χ1v) is 7.46. The molecule has 0 amide bonds. The zero-order valence-corrected chi connectivity index (χ0v) is 10.6. The Morgan fingerprint density at radius 1 is 1.25 bits per heavy atom. The number of thioether (sulfide) groups is 1. The molecule has 1 aliphatic heterocycles. The van der Waals surface area contributed by atoms with E-state index in [0.717, 1.165) is 6.04 Å². The SMILES string of the molecule is c1ccc(CSCCCC2CCCN2)cc1. The number of nitrogens with one attached hydrogen (secondary N) is 1. The molecule has 1 saturated heterocycles. The molecule has 2 heteroatoms. The molecule has 1 nitrogen and oxygen atoms in total. The monoisotopic (exact) mass is 235 g/mol. The molecule has 1 aliphatic rings. The molecule has 0 bridgehead atoms. The standard InChI is InChI=1S/C14H21NS/c1-2-6-13(7-3-1)12-16-11-5-9-14-8-4-10-15-14/h1-3,6-7,14-15H,4-5,8-12H2. The Hall–Kier alpha value is -0.470. The summed E-state index contributed by atoms with van der Waals surface area (Å²) in [7, 11) is 0. The maximum Gasteiger partial charge on any atom is 0.0184 e.